The number of nitrogens with one attached hydrogen (secondary N) is 2. The molecular formula is C23H26N4O2. The molecule has 29 heavy (non-hydrogen) atoms. The highest BCUT2D eigenvalue weighted by atomic mass is 16.5. The van der Waals surface area contributed by atoms with Crippen LogP contribution in [0.1, 0.15) is 31.1 Å². The molecule has 0 fully saturated rings. The third kappa shape index (κ3) is 5.54. The van der Waals surface area contributed by atoms with E-state index in [4.69, 9.17) is 4.74 Å². The molecule has 1 aromatic heterocycles. The minimum absolute atomic E-state index is 0.322. The van der Waals surface area contributed by atoms with Gasteiger partial charge in [0.25, 0.3) is 0 Å². The minimum Gasteiger partial charge on any atom is -0.462 e. The van der Waals surface area contributed by atoms with Crippen LogP contribution in [-0.4, -0.2) is 29.1 Å². The Morgan fingerprint density at radius 1 is 1.00 bits per heavy atom. The van der Waals surface area contributed by atoms with E-state index >= 15 is 0 Å². The number of anilines is 3. The maximum Gasteiger partial charge on any atom is 0.340 e. The van der Waals surface area contributed by atoms with Crippen LogP contribution in [0.4, 0.5) is 17.3 Å². The van der Waals surface area contributed by atoms with Gasteiger partial charge in [0.15, 0.2) is 5.82 Å². The largest absolute Gasteiger partial charge is 0.462 e. The zero-order chi connectivity index (χ0) is 20.6. The molecule has 0 saturated carbocycles. The van der Waals surface area contributed by atoms with Crippen LogP contribution in [0, 0.1) is 5.92 Å². The van der Waals surface area contributed by atoms with Crippen LogP contribution in [0.3, 0.4) is 0 Å². The molecule has 0 unspecified atom stereocenters. The normalized spacial score (nSPS) is 10.6. The molecule has 0 atom stereocenters. The fraction of sp³-hybridized carbons (Fsp3) is 0.261. The molecule has 3 aromatic rings. The molecule has 2 aromatic carbocycles. The van der Waals surface area contributed by atoms with Crippen LogP contribution in [0.25, 0.3) is 11.4 Å². The first-order valence-electron chi connectivity index (χ1n) is 9.78. The lowest BCUT2D eigenvalue weighted by atomic mass is 10.1. The van der Waals surface area contributed by atoms with Crippen LogP contribution >= 0.6 is 0 Å². The summed E-state index contributed by atoms with van der Waals surface area (Å²) in [4.78, 5) is 21.6. The van der Waals surface area contributed by atoms with E-state index in [1.165, 1.54) is 0 Å². The quantitative estimate of drug-likeness (QED) is 0.519. The molecule has 0 spiro atoms. The average molecular weight is 390 g/mol. The van der Waals surface area contributed by atoms with Gasteiger partial charge in [0.2, 0.25) is 0 Å². The molecule has 0 bridgehead atoms. The van der Waals surface area contributed by atoms with Crippen LogP contribution in [0.15, 0.2) is 60.7 Å². The summed E-state index contributed by atoms with van der Waals surface area (Å²) in [5, 5.41) is 6.61. The number of hydrogen-bond acceptors (Lipinski definition) is 6. The van der Waals surface area contributed by atoms with Gasteiger partial charge in [-0.1, -0.05) is 56.3 Å². The van der Waals surface area contributed by atoms with Gasteiger partial charge < -0.3 is 15.4 Å². The third-order valence-corrected chi connectivity index (χ3v) is 4.13. The van der Waals surface area contributed by atoms with E-state index in [1.54, 1.807) is 13.0 Å². The second-order valence-electron chi connectivity index (χ2n) is 6.99. The number of ether oxygens (including phenoxy) is 1. The van der Waals surface area contributed by atoms with E-state index in [2.05, 4.69) is 34.4 Å². The number of benzene rings is 2. The first-order chi connectivity index (χ1) is 14.1. The summed E-state index contributed by atoms with van der Waals surface area (Å²) in [6.45, 7) is 7.19. The number of rotatable bonds is 8. The molecule has 0 aliphatic heterocycles. The summed E-state index contributed by atoms with van der Waals surface area (Å²) in [6, 6.07) is 18.9. The Hall–Kier alpha value is -3.41. The summed E-state index contributed by atoms with van der Waals surface area (Å²) < 4.78 is 5.16. The van der Waals surface area contributed by atoms with Crippen LogP contribution in [0.2, 0.25) is 0 Å². The van der Waals surface area contributed by atoms with Gasteiger partial charge in [-0.2, -0.15) is 0 Å². The zero-order valence-corrected chi connectivity index (χ0v) is 17.0. The molecule has 0 aliphatic carbocycles. The molecule has 0 saturated heterocycles. The summed E-state index contributed by atoms with van der Waals surface area (Å²) >= 11 is 0. The maximum absolute atomic E-state index is 12.3. The van der Waals surface area contributed by atoms with Crippen LogP contribution in [0.5, 0.6) is 0 Å². The van der Waals surface area contributed by atoms with E-state index in [0.717, 1.165) is 17.9 Å². The van der Waals surface area contributed by atoms with E-state index in [1.807, 2.05) is 54.6 Å². The van der Waals surface area contributed by atoms with Crippen molar-refractivity contribution < 1.29 is 9.53 Å². The highest BCUT2D eigenvalue weighted by Gasteiger charge is 2.14. The van der Waals surface area contributed by atoms with Crippen molar-refractivity contribution in [1.82, 2.24) is 9.97 Å². The summed E-state index contributed by atoms with van der Waals surface area (Å²) in [5.74, 6) is 2.04. The Kier molecular flexibility index (Phi) is 6.79. The zero-order valence-electron chi connectivity index (χ0n) is 17.0. The van der Waals surface area contributed by atoms with E-state index in [0.29, 0.717) is 35.4 Å². The molecule has 0 amide bonds. The van der Waals surface area contributed by atoms with Crippen LogP contribution < -0.4 is 10.6 Å². The fourth-order valence-electron chi connectivity index (χ4n) is 2.74. The van der Waals surface area contributed by atoms with E-state index in [-0.39, 0.29) is 5.97 Å². The van der Waals surface area contributed by atoms with Crippen molar-refractivity contribution in [2.24, 2.45) is 5.92 Å². The van der Waals surface area contributed by atoms with Crippen molar-refractivity contribution in [2.75, 3.05) is 23.8 Å². The average Bonchev–Trinajstić information content (AvgIpc) is 2.73. The van der Waals surface area contributed by atoms with Gasteiger partial charge in [-0.3, -0.25) is 0 Å². The van der Waals surface area contributed by atoms with Crippen molar-refractivity contribution in [3.05, 3.63) is 66.2 Å². The molecule has 0 radical (unpaired) electrons. The second kappa shape index (κ2) is 9.68. The van der Waals surface area contributed by atoms with Gasteiger partial charge in [0.1, 0.15) is 11.6 Å². The summed E-state index contributed by atoms with van der Waals surface area (Å²) in [7, 11) is 0. The Morgan fingerprint density at radius 2 is 1.69 bits per heavy atom. The van der Waals surface area contributed by atoms with Crippen molar-refractivity contribution in [3.8, 4) is 11.4 Å². The lowest BCUT2D eigenvalue weighted by Crippen LogP contribution is -2.11. The number of para-hydroxylation sites is 1. The standard InChI is InChI=1S/C23H26N4O2/c1-4-29-23(28)18-12-8-9-13-19(18)25-21-14-20(24-15-16(2)3)26-22(27-21)17-10-6-5-7-11-17/h5-14,16H,4,15H2,1-3H3,(H2,24,25,26,27). The molecule has 150 valence electrons. The van der Waals surface area contributed by atoms with Crippen molar-refractivity contribution in [2.45, 2.75) is 20.8 Å². The molecule has 1 heterocycles. The predicted octanol–water partition coefficient (Wildman–Crippen LogP) is 5.13. The molecule has 2 N–H and O–H groups in total. The maximum atomic E-state index is 12.3. The minimum atomic E-state index is -0.369. The third-order valence-electron chi connectivity index (χ3n) is 4.13. The summed E-state index contributed by atoms with van der Waals surface area (Å²) in [6.07, 6.45) is 0. The highest BCUT2D eigenvalue weighted by Crippen LogP contribution is 2.25. The van der Waals surface area contributed by atoms with Gasteiger partial charge >= 0.3 is 5.97 Å². The molecule has 0 aliphatic rings. The van der Waals surface area contributed by atoms with Gasteiger partial charge in [0, 0.05) is 18.2 Å². The lowest BCUT2D eigenvalue weighted by molar-refractivity contribution is 0.0527. The van der Waals surface area contributed by atoms with Crippen molar-refractivity contribution in [1.29, 1.82) is 0 Å². The van der Waals surface area contributed by atoms with Crippen molar-refractivity contribution in [3.63, 3.8) is 0 Å². The first kappa shape index (κ1) is 20.3. The van der Waals surface area contributed by atoms with E-state index < -0.39 is 0 Å². The number of esters is 1. The number of hydrogen-bond donors (Lipinski definition) is 2. The van der Waals surface area contributed by atoms with Gasteiger partial charge in [-0.25, -0.2) is 14.8 Å². The molecule has 3 rings (SSSR count). The molecule has 6 nitrogen and oxygen atoms in total. The van der Waals surface area contributed by atoms with E-state index in [9.17, 15) is 4.79 Å². The second-order valence-corrected chi connectivity index (χ2v) is 6.99. The SMILES string of the molecule is CCOC(=O)c1ccccc1Nc1cc(NCC(C)C)nc(-c2ccccc2)n1. The van der Waals surface area contributed by atoms with Gasteiger partial charge in [-0.15, -0.1) is 0 Å². The fourth-order valence-corrected chi connectivity index (χ4v) is 2.74. The highest BCUT2D eigenvalue weighted by molar-refractivity contribution is 5.96. The Morgan fingerprint density at radius 3 is 2.41 bits per heavy atom. The number of carbonyl (C=O) groups excluding carboxylic acids is 1. The Balaban J connectivity index is 1.96. The molecule has 6 heteroatoms. The number of aromatic nitrogens is 2. The smallest absolute Gasteiger partial charge is 0.340 e. The molecular weight excluding hydrogens is 364 g/mol. The summed E-state index contributed by atoms with van der Waals surface area (Å²) in [5.41, 5.74) is 2.02. The lowest BCUT2D eigenvalue weighted by Gasteiger charge is -2.14. The van der Waals surface area contributed by atoms with Crippen molar-refractivity contribution >= 4 is 23.3 Å². The van der Waals surface area contributed by atoms with Gasteiger partial charge in [0.05, 0.1) is 17.9 Å². The Bertz CT molecular complexity index is 958. The number of carbonyl (C=O) groups is 1. The first-order valence-corrected chi connectivity index (χ1v) is 9.78. The van der Waals surface area contributed by atoms with Crippen LogP contribution in [-0.2, 0) is 4.74 Å². The Labute approximate surface area is 171 Å². The van der Waals surface area contributed by atoms with Gasteiger partial charge in [-0.05, 0) is 25.0 Å². The number of nitrogens with zero attached hydrogens (tertiary/aromatic N) is 2. The predicted molar refractivity (Wildman–Crippen MR) is 116 cm³/mol. The topological polar surface area (TPSA) is 76.1 Å². The monoisotopic (exact) mass is 390 g/mol.